The number of carbonyl (C=O) groups is 1. The summed E-state index contributed by atoms with van der Waals surface area (Å²) in [7, 11) is 0. The molecule has 3 aliphatic heterocycles. The fourth-order valence-electron chi connectivity index (χ4n) is 5.94. The zero-order chi connectivity index (χ0) is 25.4. The number of aryl methyl sites for hydroxylation is 1. The maximum atomic E-state index is 15.5. The second-order valence-corrected chi connectivity index (χ2v) is 11.1. The van der Waals surface area contributed by atoms with Gasteiger partial charge in [0.1, 0.15) is 17.5 Å². The number of pyridine rings is 2. The maximum absolute atomic E-state index is 15.5. The number of halogens is 2. The lowest BCUT2D eigenvalue weighted by molar-refractivity contribution is 0.000955. The summed E-state index contributed by atoms with van der Waals surface area (Å²) in [6, 6.07) is 1.72. The van der Waals surface area contributed by atoms with Gasteiger partial charge in [-0.25, -0.2) is 14.2 Å². The summed E-state index contributed by atoms with van der Waals surface area (Å²) in [6.45, 7) is 11.5. The number of nitriles is 1. The molecule has 5 atom stereocenters. The van der Waals surface area contributed by atoms with Crippen molar-refractivity contribution in [3.05, 3.63) is 22.2 Å². The minimum atomic E-state index is -0.681. The fourth-order valence-corrected chi connectivity index (χ4v) is 6.11. The van der Waals surface area contributed by atoms with Crippen molar-refractivity contribution in [2.24, 2.45) is 0 Å². The standard InChI is InChI=1S/C25H29ClFN5O3/c1-11(9-28)16-12(2)29-22-18-17(16)19(27)21(26)30-23(18)34-13(3)20-15-8-7-14(10-31(20)22)32(15)24(33)35-25(4,5)6/h11,13-15,20H,7-8,10H2,1-6H3/t11?,13-,14+,15-,20+/m0/s1. The molecule has 8 nitrogen and oxygen atoms in total. The molecule has 2 saturated heterocycles. The number of hydrogen-bond donors (Lipinski definition) is 0. The lowest BCUT2D eigenvalue weighted by atomic mass is 9.94. The molecule has 0 spiro atoms. The number of carbonyl (C=O) groups excluding carboxylic acids is 1. The fraction of sp³-hybridized carbons (Fsp3) is 0.600. The first-order valence-electron chi connectivity index (χ1n) is 12.0. The number of rotatable bonds is 1. The van der Waals surface area contributed by atoms with Crippen molar-refractivity contribution in [2.75, 3.05) is 11.4 Å². The minimum Gasteiger partial charge on any atom is -0.472 e. The number of fused-ring (bicyclic) bond motifs is 5. The van der Waals surface area contributed by atoms with Gasteiger partial charge in [-0.1, -0.05) is 11.6 Å². The van der Waals surface area contributed by atoms with E-state index in [-0.39, 0.29) is 40.6 Å². The number of aromatic nitrogens is 2. The lowest BCUT2D eigenvalue weighted by Crippen LogP contribution is -2.65. The van der Waals surface area contributed by atoms with E-state index in [1.165, 1.54) is 0 Å². The van der Waals surface area contributed by atoms with E-state index in [0.29, 0.717) is 29.0 Å². The molecule has 0 radical (unpaired) electrons. The molecule has 0 saturated carbocycles. The van der Waals surface area contributed by atoms with Gasteiger partial charge in [0, 0.05) is 23.2 Å². The van der Waals surface area contributed by atoms with Gasteiger partial charge in [-0.15, -0.1) is 0 Å². The van der Waals surface area contributed by atoms with Crippen LogP contribution in [0.3, 0.4) is 0 Å². The Morgan fingerprint density at radius 2 is 2.03 bits per heavy atom. The minimum absolute atomic E-state index is 0.0696. The van der Waals surface area contributed by atoms with Crippen molar-refractivity contribution < 1.29 is 18.7 Å². The number of piperazine rings is 1. The molecule has 3 aliphatic rings. The maximum Gasteiger partial charge on any atom is 0.410 e. The molecule has 0 N–H and O–H groups in total. The Morgan fingerprint density at radius 1 is 1.31 bits per heavy atom. The molecule has 1 amide bonds. The first-order valence-corrected chi connectivity index (χ1v) is 12.3. The summed E-state index contributed by atoms with van der Waals surface area (Å²) < 4.78 is 27.6. The van der Waals surface area contributed by atoms with Crippen molar-refractivity contribution in [1.82, 2.24) is 14.9 Å². The van der Waals surface area contributed by atoms with Crippen LogP contribution in [0.5, 0.6) is 5.88 Å². The Hall–Kier alpha value is -2.86. The molecule has 5 rings (SSSR count). The smallest absolute Gasteiger partial charge is 0.410 e. The topological polar surface area (TPSA) is 91.6 Å². The predicted molar refractivity (Wildman–Crippen MR) is 129 cm³/mol. The van der Waals surface area contributed by atoms with Crippen molar-refractivity contribution >= 4 is 34.3 Å². The predicted octanol–water partition coefficient (Wildman–Crippen LogP) is 5.10. The zero-order valence-electron chi connectivity index (χ0n) is 20.7. The summed E-state index contributed by atoms with van der Waals surface area (Å²) in [5.74, 6) is -0.533. The Labute approximate surface area is 209 Å². The lowest BCUT2D eigenvalue weighted by Gasteiger charge is -2.48. The number of ether oxygens (including phenoxy) is 2. The van der Waals surface area contributed by atoms with Gasteiger partial charge in [-0.2, -0.15) is 10.2 Å². The largest absolute Gasteiger partial charge is 0.472 e. The number of nitrogens with zero attached hydrogens (tertiary/aromatic N) is 5. The Balaban J connectivity index is 1.69. The van der Waals surface area contributed by atoms with Crippen LogP contribution in [0.1, 0.15) is 64.6 Å². The second-order valence-electron chi connectivity index (χ2n) is 10.7. The average Bonchev–Trinajstić information content (AvgIpc) is 3.02. The molecule has 0 aromatic carbocycles. The average molecular weight is 502 g/mol. The van der Waals surface area contributed by atoms with Crippen LogP contribution in [0, 0.1) is 24.1 Å². The molecule has 2 bridgehead atoms. The van der Waals surface area contributed by atoms with E-state index in [2.05, 4.69) is 16.0 Å². The SMILES string of the molecule is Cc1nc2c3c(nc(Cl)c(F)c3c1C(C)C#N)O[C@@H](C)[C@@H]1[C@@H]3CC[C@H](CN21)N3C(=O)OC(C)(C)C. The first kappa shape index (κ1) is 23.9. The molecule has 10 heteroatoms. The van der Waals surface area contributed by atoms with Gasteiger partial charge in [0.15, 0.2) is 11.0 Å². The summed E-state index contributed by atoms with van der Waals surface area (Å²) in [6.07, 6.45) is 0.893. The number of hydrogen-bond acceptors (Lipinski definition) is 7. The van der Waals surface area contributed by atoms with Crippen LogP contribution >= 0.6 is 11.6 Å². The van der Waals surface area contributed by atoms with Crippen molar-refractivity contribution in [1.29, 1.82) is 5.26 Å². The third kappa shape index (κ3) is 3.65. The highest BCUT2D eigenvalue weighted by Gasteiger charge is 2.53. The molecule has 0 aliphatic carbocycles. The summed E-state index contributed by atoms with van der Waals surface area (Å²) in [5.41, 5.74) is 0.439. The third-order valence-corrected chi connectivity index (χ3v) is 7.46. The quantitative estimate of drug-likeness (QED) is 0.502. The van der Waals surface area contributed by atoms with E-state index in [9.17, 15) is 10.1 Å². The van der Waals surface area contributed by atoms with Crippen LogP contribution in [0.4, 0.5) is 15.0 Å². The van der Waals surface area contributed by atoms with E-state index in [4.69, 9.17) is 26.1 Å². The third-order valence-electron chi connectivity index (χ3n) is 7.21. The van der Waals surface area contributed by atoms with E-state index >= 15 is 4.39 Å². The molecule has 2 aromatic heterocycles. The van der Waals surface area contributed by atoms with E-state index in [0.717, 1.165) is 12.8 Å². The Morgan fingerprint density at radius 3 is 2.69 bits per heavy atom. The second kappa shape index (κ2) is 8.09. The molecule has 186 valence electrons. The zero-order valence-corrected chi connectivity index (χ0v) is 21.5. The highest BCUT2D eigenvalue weighted by molar-refractivity contribution is 6.30. The highest BCUT2D eigenvalue weighted by atomic mass is 35.5. The van der Waals surface area contributed by atoms with Crippen molar-refractivity contribution in [2.45, 2.75) is 90.1 Å². The monoisotopic (exact) mass is 501 g/mol. The van der Waals surface area contributed by atoms with Crippen molar-refractivity contribution in [3.63, 3.8) is 0 Å². The van der Waals surface area contributed by atoms with E-state index in [1.54, 1.807) is 13.8 Å². The normalized spacial score (nSPS) is 26.0. The summed E-state index contributed by atoms with van der Waals surface area (Å²) >= 11 is 6.21. The van der Waals surface area contributed by atoms with Gasteiger partial charge in [0.25, 0.3) is 0 Å². The van der Waals surface area contributed by atoms with Gasteiger partial charge in [0.05, 0.1) is 35.5 Å². The number of anilines is 1. The molecule has 2 aromatic rings. The van der Waals surface area contributed by atoms with Gasteiger partial charge < -0.3 is 14.4 Å². The van der Waals surface area contributed by atoms with Crippen molar-refractivity contribution in [3.8, 4) is 11.9 Å². The molecular formula is C25H29ClFN5O3. The van der Waals surface area contributed by atoms with Crippen LogP contribution in [0.2, 0.25) is 5.15 Å². The van der Waals surface area contributed by atoms with Crippen LogP contribution in [-0.4, -0.2) is 57.3 Å². The van der Waals surface area contributed by atoms with Crippen LogP contribution in [-0.2, 0) is 4.74 Å². The highest BCUT2D eigenvalue weighted by Crippen LogP contribution is 2.47. The molecule has 5 heterocycles. The Kier molecular flexibility index (Phi) is 5.51. The summed E-state index contributed by atoms with van der Waals surface area (Å²) in [5, 5.41) is 9.97. The van der Waals surface area contributed by atoms with E-state index in [1.807, 2.05) is 32.6 Å². The molecule has 1 unspecified atom stereocenters. The van der Waals surface area contributed by atoms with Gasteiger partial charge in [-0.3, -0.25) is 4.90 Å². The van der Waals surface area contributed by atoms with Crippen LogP contribution in [0.25, 0.3) is 10.8 Å². The van der Waals surface area contributed by atoms with Gasteiger partial charge in [0.2, 0.25) is 5.88 Å². The summed E-state index contributed by atoms with van der Waals surface area (Å²) in [4.78, 5) is 26.3. The van der Waals surface area contributed by atoms with Crippen LogP contribution < -0.4 is 9.64 Å². The van der Waals surface area contributed by atoms with Crippen LogP contribution in [0.15, 0.2) is 0 Å². The van der Waals surface area contributed by atoms with Gasteiger partial charge >= 0.3 is 6.09 Å². The first-order chi connectivity index (χ1) is 16.4. The Bertz CT molecular complexity index is 1270. The van der Waals surface area contributed by atoms with Gasteiger partial charge in [-0.05, 0) is 54.4 Å². The number of amides is 1. The molecule has 2 fully saturated rings. The van der Waals surface area contributed by atoms with E-state index < -0.39 is 23.4 Å². The molecule has 35 heavy (non-hydrogen) atoms. The molecular weight excluding hydrogens is 473 g/mol.